The van der Waals surface area contributed by atoms with E-state index in [0.29, 0.717) is 13.0 Å². The van der Waals surface area contributed by atoms with E-state index in [4.69, 9.17) is 4.74 Å². The number of ether oxygens (including phenoxy) is 1. The van der Waals surface area contributed by atoms with E-state index in [1.165, 1.54) is 0 Å². The molecule has 2 rings (SSSR count). The van der Waals surface area contributed by atoms with E-state index >= 15 is 0 Å². The molecule has 1 amide bonds. The zero-order valence-corrected chi connectivity index (χ0v) is 11.9. The second-order valence-corrected chi connectivity index (χ2v) is 6.62. The molecule has 1 saturated carbocycles. The minimum atomic E-state index is -0.784. The number of hydrogen-bond donors (Lipinski definition) is 1. The molecule has 0 radical (unpaired) electrons. The molecule has 5 nitrogen and oxygen atoms in total. The number of carbonyl (C=O) groups excluding carboxylic acids is 1. The highest BCUT2D eigenvalue weighted by atomic mass is 16.6. The monoisotopic (exact) mass is 269 g/mol. The van der Waals surface area contributed by atoms with Gasteiger partial charge in [-0.15, -0.1) is 0 Å². The lowest BCUT2D eigenvalue weighted by molar-refractivity contribution is -0.144. The Balaban J connectivity index is 2.21. The summed E-state index contributed by atoms with van der Waals surface area (Å²) >= 11 is 0. The van der Waals surface area contributed by atoms with E-state index in [2.05, 4.69) is 0 Å². The maximum absolute atomic E-state index is 12.3. The average molecular weight is 269 g/mol. The smallest absolute Gasteiger partial charge is 0.410 e. The largest absolute Gasteiger partial charge is 0.481 e. The Bertz CT molecular complexity index is 379. The summed E-state index contributed by atoms with van der Waals surface area (Å²) in [6, 6.07) is 0. The number of amides is 1. The standard InChI is InChI=1S/C14H23NO4/c1-13(2,3)19-12(18)15-9-6-10(11(16)17)14(15)7-4-5-8-14/h10H,4-9H2,1-3H3,(H,16,17). The number of carboxylic acid groups (broad SMARTS) is 1. The Hall–Kier alpha value is -1.26. The molecule has 1 unspecified atom stereocenters. The predicted molar refractivity (Wildman–Crippen MR) is 69.9 cm³/mol. The van der Waals surface area contributed by atoms with Gasteiger partial charge in [-0.05, 0) is 40.0 Å². The molecular formula is C14H23NO4. The van der Waals surface area contributed by atoms with Gasteiger partial charge in [0.15, 0.2) is 0 Å². The van der Waals surface area contributed by atoms with Crippen LogP contribution in [0.15, 0.2) is 0 Å². The number of carboxylic acids is 1. The minimum Gasteiger partial charge on any atom is -0.481 e. The first-order valence-corrected chi connectivity index (χ1v) is 7.00. The maximum atomic E-state index is 12.3. The van der Waals surface area contributed by atoms with Crippen molar-refractivity contribution >= 4 is 12.1 Å². The first-order valence-electron chi connectivity index (χ1n) is 7.00. The van der Waals surface area contributed by atoms with Gasteiger partial charge in [-0.25, -0.2) is 4.79 Å². The highest BCUT2D eigenvalue weighted by Crippen LogP contribution is 2.47. The molecule has 1 atom stereocenters. The van der Waals surface area contributed by atoms with Gasteiger partial charge >= 0.3 is 12.1 Å². The van der Waals surface area contributed by atoms with Gasteiger partial charge < -0.3 is 14.7 Å². The van der Waals surface area contributed by atoms with Gasteiger partial charge in [0.05, 0.1) is 11.5 Å². The molecule has 1 saturated heterocycles. The lowest BCUT2D eigenvalue weighted by Gasteiger charge is -2.38. The van der Waals surface area contributed by atoms with Crippen molar-refractivity contribution in [2.45, 2.75) is 64.0 Å². The van der Waals surface area contributed by atoms with Crippen LogP contribution in [0.4, 0.5) is 4.79 Å². The summed E-state index contributed by atoms with van der Waals surface area (Å²) in [5.74, 6) is -1.23. The van der Waals surface area contributed by atoms with Gasteiger partial charge in [-0.3, -0.25) is 4.79 Å². The minimum absolute atomic E-state index is 0.363. The lowest BCUT2D eigenvalue weighted by atomic mass is 9.83. The summed E-state index contributed by atoms with van der Waals surface area (Å²) in [6.45, 7) is 5.98. The van der Waals surface area contributed by atoms with Crippen molar-refractivity contribution in [3.05, 3.63) is 0 Å². The molecule has 0 bridgehead atoms. The van der Waals surface area contributed by atoms with Crippen molar-refractivity contribution in [3.8, 4) is 0 Å². The maximum Gasteiger partial charge on any atom is 0.410 e. The van der Waals surface area contributed by atoms with Crippen molar-refractivity contribution in [3.63, 3.8) is 0 Å². The zero-order chi connectivity index (χ0) is 14.3. The lowest BCUT2D eigenvalue weighted by Crippen LogP contribution is -2.51. The van der Waals surface area contributed by atoms with E-state index in [1.807, 2.05) is 20.8 Å². The molecule has 0 aromatic heterocycles. The Kier molecular flexibility index (Phi) is 3.49. The van der Waals surface area contributed by atoms with E-state index < -0.39 is 23.0 Å². The summed E-state index contributed by atoms with van der Waals surface area (Å²) in [6.07, 6.45) is 3.71. The van der Waals surface area contributed by atoms with Gasteiger partial charge in [-0.2, -0.15) is 0 Å². The third kappa shape index (κ3) is 2.55. The van der Waals surface area contributed by atoms with Crippen molar-refractivity contribution < 1.29 is 19.4 Å². The molecule has 1 heterocycles. The molecule has 1 aliphatic heterocycles. The van der Waals surface area contributed by atoms with E-state index in [-0.39, 0.29) is 6.09 Å². The quantitative estimate of drug-likeness (QED) is 0.794. The van der Waals surface area contributed by atoms with E-state index in [9.17, 15) is 14.7 Å². The molecule has 108 valence electrons. The summed E-state index contributed by atoms with van der Waals surface area (Å²) in [7, 11) is 0. The highest BCUT2D eigenvalue weighted by Gasteiger charge is 2.55. The van der Waals surface area contributed by atoms with Crippen molar-refractivity contribution in [1.29, 1.82) is 0 Å². The second kappa shape index (κ2) is 4.69. The molecule has 2 fully saturated rings. The van der Waals surface area contributed by atoms with Crippen LogP contribution in [0.2, 0.25) is 0 Å². The molecule has 1 aliphatic carbocycles. The van der Waals surface area contributed by atoms with Crippen LogP contribution in [-0.4, -0.2) is 39.8 Å². The van der Waals surface area contributed by atoms with Crippen molar-refractivity contribution in [2.24, 2.45) is 5.92 Å². The predicted octanol–water partition coefficient (Wildman–Crippen LogP) is 2.64. The third-order valence-electron chi connectivity index (χ3n) is 4.21. The van der Waals surface area contributed by atoms with Gasteiger partial charge in [0.25, 0.3) is 0 Å². The number of nitrogens with zero attached hydrogens (tertiary/aromatic N) is 1. The van der Waals surface area contributed by atoms with Gasteiger partial charge in [-0.1, -0.05) is 12.8 Å². The Labute approximate surface area is 113 Å². The van der Waals surface area contributed by atoms with Crippen LogP contribution < -0.4 is 0 Å². The first-order chi connectivity index (χ1) is 8.76. The van der Waals surface area contributed by atoms with E-state index in [1.54, 1.807) is 4.90 Å². The normalized spacial score (nSPS) is 25.8. The fourth-order valence-corrected chi connectivity index (χ4v) is 3.49. The van der Waals surface area contributed by atoms with Crippen molar-refractivity contribution in [1.82, 2.24) is 4.90 Å². The molecule has 1 spiro atoms. The number of carbonyl (C=O) groups is 2. The van der Waals surface area contributed by atoms with Crippen LogP contribution >= 0.6 is 0 Å². The number of aliphatic carboxylic acids is 1. The molecule has 19 heavy (non-hydrogen) atoms. The average Bonchev–Trinajstić information content (AvgIpc) is 2.84. The Morgan fingerprint density at radius 1 is 1.26 bits per heavy atom. The summed E-state index contributed by atoms with van der Waals surface area (Å²) < 4.78 is 5.43. The van der Waals surface area contributed by atoms with E-state index in [0.717, 1.165) is 25.7 Å². The van der Waals surface area contributed by atoms with Gasteiger partial charge in [0, 0.05) is 6.54 Å². The third-order valence-corrected chi connectivity index (χ3v) is 4.21. The fourth-order valence-electron chi connectivity index (χ4n) is 3.49. The van der Waals surface area contributed by atoms with Crippen LogP contribution in [0.5, 0.6) is 0 Å². The number of rotatable bonds is 1. The van der Waals surface area contributed by atoms with Gasteiger partial charge in [0.2, 0.25) is 0 Å². The number of hydrogen-bond acceptors (Lipinski definition) is 3. The Morgan fingerprint density at radius 3 is 2.32 bits per heavy atom. The Morgan fingerprint density at radius 2 is 1.84 bits per heavy atom. The van der Waals surface area contributed by atoms with Crippen LogP contribution in [-0.2, 0) is 9.53 Å². The molecule has 1 N–H and O–H groups in total. The second-order valence-electron chi connectivity index (χ2n) is 6.62. The fraction of sp³-hybridized carbons (Fsp3) is 0.857. The van der Waals surface area contributed by atoms with Crippen LogP contribution in [0, 0.1) is 5.92 Å². The first kappa shape index (κ1) is 14.2. The molecule has 5 heteroatoms. The SMILES string of the molecule is CC(C)(C)OC(=O)N1CCC(C(=O)O)C12CCCC2. The van der Waals surface area contributed by atoms with Crippen LogP contribution in [0.3, 0.4) is 0 Å². The van der Waals surface area contributed by atoms with Gasteiger partial charge in [0.1, 0.15) is 5.60 Å². The summed E-state index contributed by atoms with van der Waals surface area (Å²) in [4.78, 5) is 25.4. The topological polar surface area (TPSA) is 66.8 Å². The summed E-state index contributed by atoms with van der Waals surface area (Å²) in [5.41, 5.74) is -1.05. The summed E-state index contributed by atoms with van der Waals surface area (Å²) in [5, 5.41) is 9.39. The molecule has 0 aromatic carbocycles. The molecule has 0 aromatic rings. The van der Waals surface area contributed by atoms with Crippen molar-refractivity contribution in [2.75, 3.05) is 6.54 Å². The zero-order valence-electron chi connectivity index (χ0n) is 11.9. The van der Waals surface area contributed by atoms with Crippen LogP contribution in [0.1, 0.15) is 52.9 Å². The molecular weight excluding hydrogens is 246 g/mol. The highest BCUT2D eigenvalue weighted by molar-refractivity contribution is 5.77. The number of likely N-dealkylation sites (tertiary alicyclic amines) is 1. The molecule has 2 aliphatic rings. The van der Waals surface area contributed by atoms with Crippen LogP contribution in [0.25, 0.3) is 0 Å².